The van der Waals surface area contributed by atoms with Crippen LogP contribution in [-0.4, -0.2) is 50.3 Å². The van der Waals surface area contributed by atoms with Crippen LogP contribution in [0, 0.1) is 0 Å². The van der Waals surface area contributed by atoms with Crippen molar-refractivity contribution in [3.63, 3.8) is 0 Å². The summed E-state index contributed by atoms with van der Waals surface area (Å²) in [6.07, 6.45) is 0. The van der Waals surface area contributed by atoms with E-state index in [-0.39, 0.29) is 11.5 Å². The van der Waals surface area contributed by atoms with Crippen LogP contribution >= 0.6 is 15.9 Å². The number of benzene rings is 1. The van der Waals surface area contributed by atoms with Crippen molar-refractivity contribution in [2.24, 2.45) is 0 Å². The van der Waals surface area contributed by atoms with Gasteiger partial charge in [-0.05, 0) is 18.2 Å². The molecular weight excluding hydrogens is 362 g/mol. The summed E-state index contributed by atoms with van der Waals surface area (Å²) >= 11 is 3.40. The SMILES string of the molecule is O=C(NCC[NH+]1CCOCC1)c1cc(=O)[nH]c2ccc(Br)cc12. The van der Waals surface area contributed by atoms with E-state index in [9.17, 15) is 9.59 Å². The number of amides is 1. The number of morpholine rings is 1. The van der Waals surface area contributed by atoms with Gasteiger partial charge in [-0.25, -0.2) is 0 Å². The molecular formula is C16H19BrN3O3+. The van der Waals surface area contributed by atoms with Gasteiger partial charge in [-0.1, -0.05) is 15.9 Å². The third kappa shape index (κ3) is 3.99. The van der Waals surface area contributed by atoms with Crippen molar-refractivity contribution in [3.05, 3.63) is 44.7 Å². The Morgan fingerprint density at radius 3 is 2.87 bits per heavy atom. The molecule has 0 saturated carbocycles. The molecule has 3 rings (SSSR count). The topological polar surface area (TPSA) is 75.6 Å². The van der Waals surface area contributed by atoms with Gasteiger partial charge in [0, 0.05) is 21.4 Å². The number of pyridine rings is 1. The number of halogens is 1. The van der Waals surface area contributed by atoms with Gasteiger partial charge in [-0.3, -0.25) is 9.59 Å². The number of hydrogen-bond acceptors (Lipinski definition) is 3. The van der Waals surface area contributed by atoms with E-state index >= 15 is 0 Å². The van der Waals surface area contributed by atoms with Gasteiger partial charge in [0.1, 0.15) is 13.1 Å². The summed E-state index contributed by atoms with van der Waals surface area (Å²) in [6.45, 7) is 4.93. The highest BCUT2D eigenvalue weighted by molar-refractivity contribution is 9.10. The van der Waals surface area contributed by atoms with E-state index in [1.165, 1.54) is 11.0 Å². The van der Waals surface area contributed by atoms with Gasteiger partial charge in [0.15, 0.2) is 0 Å². The average molecular weight is 381 g/mol. The summed E-state index contributed by atoms with van der Waals surface area (Å²) in [4.78, 5) is 28.4. The van der Waals surface area contributed by atoms with Gasteiger partial charge >= 0.3 is 0 Å². The van der Waals surface area contributed by atoms with E-state index in [4.69, 9.17) is 4.74 Å². The monoisotopic (exact) mass is 380 g/mol. The third-order valence-corrected chi connectivity index (χ3v) is 4.51. The molecule has 1 aliphatic heterocycles. The first-order valence-corrected chi connectivity index (χ1v) is 8.45. The van der Waals surface area contributed by atoms with Gasteiger partial charge in [-0.15, -0.1) is 0 Å². The minimum Gasteiger partial charge on any atom is -0.370 e. The molecule has 1 amide bonds. The van der Waals surface area contributed by atoms with Crippen molar-refractivity contribution < 1.29 is 14.4 Å². The first kappa shape index (κ1) is 16.2. The predicted molar refractivity (Wildman–Crippen MR) is 91.0 cm³/mol. The average Bonchev–Trinajstić information content (AvgIpc) is 2.55. The molecule has 2 aromatic rings. The molecule has 0 unspecified atom stereocenters. The van der Waals surface area contributed by atoms with E-state index in [0.29, 0.717) is 17.6 Å². The number of ether oxygens (including phenoxy) is 1. The number of fused-ring (bicyclic) bond motifs is 1. The molecule has 1 saturated heterocycles. The Hall–Kier alpha value is -1.70. The van der Waals surface area contributed by atoms with Crippen LogP contribution in [0.15, 0.2) is 33.5 Å². The Bertz CT molecular complexity index is 769. The van der Waals surface area contributed by atoms with Crippen LogP contribution in [0.2, 0.25) is 0 Å². The first-order valence-electron chi connectivity index (χ1n) is 7.65. The van der Waals surface area contributed by atoms with Crippen molar-refractivity contribution >= 4 is 32.7 Å². The van der Waals surface area contributed by atoms with Crippen molar-refractivity contribution in [3.8, 4) is 0 Å². The lowest BCUT2D eigenvalue weighted by Crippen LogP contribution is -3.14. The molecule has 1 aliphatic rings. The summed E-state index contributed by atoms with van der Waals surface area (Å²) in [6, 6.07) is 6.82. The molecule has 1 aromatic carbocycles. The Morgan fingerprint density at radius 1 is 1.30 bits per heavy atom. The van der Waals surface area contributed by atoms with Crippen molar-refractivity contribution in [1.29, 1.82) is 0 Å². The minimum absolute atomic E-state index is 0.216. The Balaban J connectivity index is 1.72. The summed E-state index contributed by atoms with van der Waals surface area (Å²) in [5.41, 5.74) is 0.787. The van der Waals surface area contributed by atoms with Crippen LogP contribution in [0.1, 0.15) is 10.4 Å². The van der Waals surface area contributed by atoms with Crippen LogP contribution in [0.25, 0.3) is 10.9 Å². The maximum Gasteiger partial charge on any atom is 0.252 e. The number of hydrogen-bond donors (Lipinski definition) is 3. The van der Waals surface area contributed by atoms with Crippen molar-refractivity contribution in [2.45, 2.75) is 0 Å². The zero-order valence-corrected chi connectivity index (χ0v) is 14.2. The van der Waals surface area contributed by atoms with Crippen LogP contribution in [0.3, 0.4) is 0 Å². The Labute approximate surface area is 141 Å². The second-order valence-electron chi connectivity index (χ2n) is 5.61. The maximum atomic E-state index is 12.5. The fourth-order valence-corrected chi connectivity index (χ4v) is 3.13. The van der Waals surface area contributed by atoms with Gasteiger partial charge in [-0.2, -0.15) is 0 Å². The molecule has 0 radical (unpaired) electrons. The van der Waals surface area contributed by atoms with E-state index in [1.54, 1.807) is 6.07 Å². The third-order valence-electron chi connectivity index (χ3n) is 4.01. The second kappa shape index (κ2) is 7.25. The smallest absolute Gasteiger partial charge is 0.252 e. The minimum atomic E-state index is -0.274. The molecule has 2 heterocycles. The summed E-state index contributed by atoms with van der Waals surface area (Å²) in [5.74, 6) is -0.216. The van der Waals surface area contributed by atoms with E-state index in [1.807, 2.05) is 12.1 Å². The van der Waals surface area contributed by atoms with Gasteiger partial charge in [0.05, 0.1) is 31.9 Å². The molecule has 6 nitrogen and oxygen atoms in total. The van der Waals surface area contributed by atoms with Gasteiger partial charge < -0.3 is 19.9 Å². The second-order valence-corrected chi connectivity index (χ2v) is 6.52. The molecule has 1 aromatic heterocycles. The molecule has 0 aliphatic carbocycles. The normalized spacial score (nSPS) is 15.7. The lowest BCUT2D eigenvalue weighted by molar-refractivity contribution is -0.906. The lowest BCUT2D eigenvalue weighted by Gasteiger charge is -2.23. The number of aromatic nitrogens is 1. The number of carbonyl (C=O) groups excluding carboxylic acids is 1. The summed E-state index contributed by atoms with van der Waals surface area (Å²) in [7, 11) is 0. The summed E-state index contributed by atoms with van der Waals surface area (Å²) in [5, 5.41) is 3.65. The van der Waals surface area contributed by atoms with E-state index in [0.717, 1.165) is 42.7 Å². The molecule has 0 atom stereocenters. The Kier molecular flexibility index (Phi) is 5.09. The van der Waals surface area contributed by atoms with Crippen LogP contribution in [-0.2, 0) is 4.74 Å². The first-order chi connectivity index (χ1) is 11.1. The fraction of sp³-hybridized carbons (Fsp3) is 0.375. The quantitative estimate of drug-likeness (QED) is 0.695. The highest BCUT2D eigenvalue weighted by atomic mass is 79.9. The lowest BCUT2D eigenvalue weighted by atomic mass is 10.1. The van der Waals surface area contributed by atoms with Crippen LogP contribution < -0.4 is 15.8 Å². The van der Waals surface area contributed by atoms with Crippen molar-refractivity contribution in [2.75, 3.05) is 39.4 Å². The number of carbonyl (C=O) groups is 1. The van der Waals surface area contributed by atoms with Gasteiger partial charge in [0.25, 0.3) is 5.91 Å². The fourth-order valence-electron chi connectivity index (χ4n) is 2.77. The number of aromatic amines is 1. The zero-order valence-electron chi connectivity index (χ0n) is 12.7. The molecule has 1 fully saturated rings. The number of H-pyrrole nitrogens is 1. The highest BCUT2D eigenvalue weighted by Crippen LogP contribution is 2.20. The van der Waals surface area contributed by atoms with Crippen LogP contribution in [0.5, 0.6) is 0 Å². The van der Waals surface area contributed by atoms with E-state index < -0.39 is 0 Å². The van der Waals surface area contributed by atoms with E-state index in [2.05, 4.69) is 26.2 Å². The largest absolute Gasteiger partial charge is 0.370 e. The molecule has 7 heteroatoms. The number of nitrogens with one attached hydrogen (secondary N) is 3. The molecule has 0 spiro atoms. The molecule has 3 N–H and O–H groups in total. The molecule has 0 bridgehead atoms. The number of rotatable bonds is 4. The van der Waals surface area contributed by atoms with Crippen LogP contribution in [0.4, 0.5) is 0 Å². The van der Waals surface area contributed by atoms with Gasteiger partial charge in [0.2, 0.25) is 5.56 Å². The summed E-state index contributed by atoms with van der Waals surface area (Å²) < 4.78 is 6.18. The van der Waals surface area contributed by atoms with Crippen molar-refractivity contribution in [1.82, 2.24) is 10.3 Å². The highest BCUT2D eigenvalue weighted by Gasteiger charge is 2.15. The predicted octanol–water partition coefficient (Wildman–Crippen LogP) is -0.0645. The molecule has 23 heavy (non-hydrogen) atoms. The Morgan fingerprint density at radius 2 is 2.09 bits per heavy atom. The standard InChI is InChI=1S/C16H18BrN3O3/c17-11-1-2-14-12(9-11)13(10-15(21)19-14)16(22)18-3-4-20-5-7-23-8-6-20/h1-2,9-10H,3-8H2,(H,18,22)(H,19,21)/p+1. The number of quaternary nitrogens is 1. The molecule has 122 valence electrons. The maximum absolute atomic E-state index is 12.5. The zero-order chi connectivity index (χ0) is 16.2.